The molecule has 1 fully saturated rings. The second-order valence-corrected chi connectivity index (χ2v) is 9.67. The molecule has 4 heteroatoms. The minimum Gasteiger partial charge on any atom is -0.504 e. The van der Waals surface area contributed by atoms with Crippen LogP contribution in [0.5, 0.6) is 5.75 Å². The smallest absolute Gasteiger partial charge is 0.268 e. The molecule has 2 aliphatic carbocycles. The highest BCUT2D eigenvalue weighted by Gasteiger charge is 2.50. The summed E-state index contributed by atoms with van der Waals surface area (Å²) in [6, 6.07) is 8.45. The van der Waals surface area contributed by atoms with Crippen LogP contribution in [0.25, 0.3) is 6.08 Å². The number of benzene rings is 1. The molecule has 1 aliphatic heterocycles. The van der Waals surface area contributed by atoms with E-state index in [-0.39, 0.29) is 11.5 Å². The van der Waals surface area contributed by atoms with Crippen LogP contribution in [0.4, 0.5) is 5.69 Å². The van der Waals surface area contributed by atoms with Crippen LogP contribution in [0.3, 0.4) is 0 Å². The molecule has 1 atom stereocenters. The average Bonchev–Trinajstić information content (AvgIpc) is 3.48. The maximum atomic E-state index is 12.4. The summed E-state index contributed by atoms with van der Waals surface area (Å²) in [6.45, 7) is 4.92. The van der Waals surface area contributed by atoms with Gasteiger partial charge in [-0.2, -0.15) is 0 Å². The third kappa shape index (κ3) is 3.43. The first-order valence-electron chi connectivity index (χ1n) is 12.2. The van der Waals surface area contributed by atoms with Crippen molar-refractivity contribution in [3.8, 4) is 5.75 Å². The van der Waals surface area contributed by atoms with Crippen molar-refractivity contribution in [2.45, 2.75) is 50.4 Å². The van der Waals surface area contributed by atoms with Gasteiger partial charge in [-0.25, -0.2) is 0 Å². The molecule has 1 heterocycles. The molecule has 0 bridgehead atoms. The molecule has 4 nitrogen and oxygen atoms in total. The molecule has 1 unspecified atom stereocenters. The number of nitrogens with zero attached hydrogens (tertiary/aromatic N) is 1. The Hall–Kier alpha value is -3.14. The maximum Gasteiger partial charge on any atom is 0.268 e. The summed E-state index contributed by atoms with van der Waals surface area (Å²) >= 11 is 0. The Labute approximate surface area is 195 Å². The molecule has 1 saturated carbocycles. The van der Waals surface area contributed by atoms with Crippen molar-refractivity contribution in [1.29, 1.82) is 0 Å². The molecule has 1 N–H and O–H groups in total. The van der Waals surface area contributed by atoms with Gasteiger partial charge in [0, 0.05) is 23.8 Å². The number of anilines is 1. The molecule has 0 spiro atoms. The van der Waals surface area contributed by atoms with E-state index < -0.39 is 22.0 Å². The first-order valence-corrected chi connectivity index (χ1v) is 12.2. The van der Waals surface area contributed by atoms with E-state index >= 15 is 0 Å². The van der Waals surface area contributed by atoms with E-state index in [9.17, 15) is 14.7 Å². The Morgan fingerprint density at radius 3 is 2.48 bits per heavy atom. The van der Waals surface area contributed by atoms with E-state index in [1.165, 1.54) is 37.7 Å². The van der Waals surface area contributed by atoms with Crippen molar-refractivity contribution in [2.75, 3.05) is 11.4 Å². The first kappa shape index (κ1) is 21.7. The summed E-state index contributed by atoms with van der Waals surface area (Å²) in [4.78, 5) is 26.5. The summed E-state index contributed by atoms with van der Waals surface area (Å²) in [5.41, 5.74) is 1.62. The van der Waals surface area contributed by atoms with Crippen LogP contribution in [-0.4, -0.2) is 11.7 Å². The van der Waals surface area contributed by atoms with E-state index in [4.69, 9.17) is 0 Å². The zero-order chi connectivity index (χ0) is 23.0. The third-order valence-electron chi connectivity index (χ3n) is 7.89. The van der Waals surface area contributed by atoms with Gasteiger partial charge in [0.15, 0.2) is 5.75 Å². The fraction of sp³-hybridized carbons (Fsp3) is 0.379. The number of hydrogen-bond acceptors (Lipinski definition) is 4. The van der Waals surface area contributed by atoms with Gasteiger partial charge in [-0.1, -0.05) is 80.7 Å². The average molecular weight is 442 g/mol. The lowest BCUT2D eigenvalue weighted by Gasteiger charge is -2.37. The predicted molar refractivity (Wildman–Crippen MR) is 134 cm³/mol. The zero-order valence-corrected chi connectivity index (χ0v) is 19.0. The molecular weight excluding hydrogens is 410 g/mol. The van der Waals surface area contributed by atoms with Crippen LogP contribution >= 0.6 is 0 Å². The van der Waals surface area contributed by atoms with E-state index in [0.717, 1.165) is 24.4 Å². The second kappa shape index (κ2) is 8.66. The number of para-hydroxylation sites is 1. The fourth-order valence-electron chi connectivity index (χ4n) is 6.19. The predicted octanol–water partition coefficient (Wildman–Crippen LogP) is 5.38. The number of allylic oxidation sites excluding steroid dienone is 6. The summed E-state index contributed by atoms with van der Waals surface area (Å²) in [6.07, 6.45) is 20.5. The number of fused-ring (bicyclic) bond motifs is 1. The number of hydrogen-bond donors (Lipinski definition) is 1. The Kier molecular flexibility index (Phi) is 5.69. The molecule has 0 amide bonds. The summed E-state index contributed by atoms with van der Waals surface area (Å²) in [5, 5.41) is 10.2. The van der Waals surface area contributed by atoms with Gasteiger partial charge in [-0.3, -0.25) is 9.59 Å². The SMILES string of the molecule is C=CCC1(C2C=CC=C2)/C(=C\c2c(O)c(=O)c2=O)N(CCC2CCCCC2)c2ccccc21. The van der Waals surface area contributed by atoms with Crippen molar-refractivity contribution < 1.29 is 5.11 Å². The standard InChI is InChI=1S/C29H31NO3/c1-2-17-29(21-12-6-7-13-21)23-14-8-9-15-24(23)30(18-16-20-10-4-3-5-11-20)25(29)19-22-26(31)28(33)27(22)32/h2,6-9,12-15,19-21,31H,1,3-5,10-11,16-18H2/b25-19+. The van der Waals surface area contributed by atoms with Crippen LogP contribution in [0.1, 0.15) is 56.1 Å². The Morgan fingerprint density at radius 1 is 1.06 bits per heavy atom. The highest BCUT2D eigenvalue weighted by atomic mass is 16.3. The van der Waals surface area contributed by atoms with E-state index in [1.807, 2.05) is 6.08 Å². The van der Waals surface area contributed by atoms with Crippen LogP contribution in [0, 0.1) is 11.8 Å². The minimum atomic E-state index is -0.791. The maximum absolute atomic E-state index is 12.4. The van der Waals surface area contributed by atoms with Crippen LogP contribution in [-0.2, 0) is 5.41 Å². The van der Waals surface area contributed by atoms with Crippen molar-refractivity contribution in [3.63, 3.8) is 0 Å². The lowest BCUT2D eigenvalue weighted by molar-refractivity contribution is 0.340. The van der Waals surface area contributed by atoms with Gasteiger partial charge in [0.1, 0.15) is 0 Å². The molecule has 170 valence electrons. The van der Waals surface area contributed by atoms with E-state index in [0.29, 0.717) is 12.3 Å². The molecule has 3 aliphatic rings. The van der Waals surface area contributed by atoms with Gasteiger partial charge < -0.3 is 10.0 Å². The van der Waals surface area contributed by atoms with Crippen molar-refractivity contribution in [1.82, 2.24) is 0 Å². The summed E-state index contributed by atoms with van der Waals surface area (Å²) in [5.74, 6) is 0.393. The quantitative estimate of drug-likeness (QED) is 0.463. The van der Waals surface area contributed by atoms with Crippen molar-refractivity contribution in [2.24, 2.45) is 11.8 Å². The molecule has 0 saturated heterocycles. The first-order chi connectivity index (χ1) is 16.1. The molecule has 0 aromatic heterocycles. The number of aromatic hydroxyl groups is 1. The van der Waals surface area contributed by atoms with Crippen molar-refractivity contribution >= 4 is 11.8 Å². The molecule has 33 heavy (non-hydrogen) atoms. The van der Waals surface area contributed by atoms with Crippen LogP contribution in [0.15, 0.2) is 76.5 Å². The van der Waals surface area contributed by atoms with Gasteiger partial charge in [0.2, 0.25) is 5.43 Å². The van der Waals surface area contributed by atoms with Gasteiger partial charge in [0.25, 0.3) is 5.43 Å². The fourth-order valence-corrected chi connectivity index (χ4v) is 6.19. The van der Waals surface area contributed by atoms with Gasteiger partial charge in [-0.05, 0) is 36.5 Å². The largest absolute Gasteiger partial charge is 0.504 e. The lowest BCUT2D eigenvalue weighted by atomic mass is 9.67. The summed E-state index contributed by atoms with van der Waals surface area (Å²) < 4.78 is 0. The number of rotatable bonds is 7. The van der Waals surface area contributed by atoms with E-state index in [2.05, 4.69) is 60.0 Å². The third-order valence-corrected chi connectivity index (χ3v) is 7.89. The molecule has 0 radical (unpaired) electrons. The second-order valence-electron chi connectivity index (χ2n) is 9.67. The minimum absolute atomic E-state index is 0.0937. The molecule has 2 aromatic carbocycles. The molecular formula is C29H31NO3. The summed E-state index contributed by atoms with van der Waals surface area (Å²) in [7, 11) is 0. The molecule has 2 aromatic rings. The Morgan fingerprint density at radius 2 is 1.79 bits per heavy atom. The monoisotopic (exact) mass is 441 g/mol. The van der Waals surface area contributed by atoms with Gasteiger partial charge >= 0.3 is 0 Å². The Balaban J connectivity index is 1.65. The van der Waals surface area contributed by atoms with Gasteiger partial charge in [-0.15, -0.1) is 6.58 Å². The Bertz CT molecular complexity index is 1210. The topological polar surface area (TPSA) is 57.6 Å². The lowest BCUT2D eigenvalue weighted by Crippen LogP contribution is -2.38. The zero-order valence-electron chi connectivity index (χ0n) is 19.0. The van der Waals surface area contributed by atoms with Gasteiger partial charge in [0.05, 0.1) is 11.0 Å². The van der Waals surface area contributed by atoms with Crippen LogP contribution < -0.4 is 15.8 Å². The normalized spacial score (nSPS) is 24.2. The highest BCUT2D eigenvalue weighted by molar-refractivity contribution is 5.79. The highest BCUT2D eigenvalue weighted by Crippen LogP contribution is 2.56. The van der Waals surface area contributed by atoms with Crippen molar-refractivity contribution in [3.05, 3.63) is 98.5 Å². The van der Waals surface area contributed by atoms with E-state index in [1.54, 1.807) is 6.08 Å². The molecule has 5 rings (SSSR count). The van der Waals surface area contributed by atoms with Crippen LogP contribution in [0.2, 0.25) is 0 Å².